The van der Waals surface area contributed by atoms with Gasteiger partial charge in [0.25, 0.3) is 0 Å². The van der Waals surface area contributed by atoms with Crippen LogP contribution in [0.4, 0.5) is 5.69 Å². The molecule has 0 saturated carbocycles. The topological polar surface area (TPSA) is 51.2 Å². The number of nitrogens with zero attached hydrogens (tertiary/aromatic N) is 1. The van der Waals surface area contributed by atoms with Crippen molar-refractivity contribution in [2.45, 2.75) is 6.54 Å². The molecule has 0 bridgehead atoms. The number of aromatic nitrogens is 1. The van der Waals surface area contributed by atoms with Gasteiger partial charge in [-0.3, -0.25) is 0 Å². The van der Waals surface area contributed by atoms with Crippen LogP contribution in [0.25, 0.3) is 0 Å². The number of halogens is 2. The van der Waals surface area contributed by atoms with E-state index in [0.29, 0.717) is 27.3 Å². The lowest BCUT2D eigenvalue weighted by molar-refractivity contribution is 0.0602. The highest BCUT2D eigenvalue weighted by molar-refractivity contribution is 7.15. The SMILES string of the molecule is COC(=O)c1cc(Cl)ccc1NCc1cnc(Cl)s1. The minimum Gasteiger partial charge on any atom is -0.465 e. The number of nitrogens with one attached hydrogen (secondary N) is 1. The maximum Gasteiger partial charge on any atom is 0.340 e. The van der Waals surface area contributed by atoms with E-state index in [9.17, 15) is 4.79 Å². The van der Waals surface area contributed by atoms with Gasteiger partial charge in [-0.15, -0.1) is 11.3 Å². The zero-order valence-corrected chi connectivity index (χ0v) is 12.3. The molecule has 0 amide bonds. The van der Waals surface area contributed by atoms with Crippen LogP contribution in [0.2, 0.25) is 9.49 Å². The molecule has 0 radical (unpaired) electrons. The molecule has 1 N–H and O–H groups in total. The second-order valence-corrected chi connectivity index (χ2v) is 5.75. The Morgan fingerprint density at radius 1 is 1.47 bits per heavy atom. The molecule has 1 aromatic heterocycles. The fourth-order valence-corrected chi connectivity index (χ4v) is 2.59. The molecule has 0 spiro atoms. The molecule has 0 unspecified atom stereocenters. The highest BCUT2D eigenvalue weighted by Crippen LogP contribution is 2.24. The van der Waals surface area contributed by atoms with Crippen LogP contribution in [0.3, 0.4) is 0 Å². The summed E-state index contributed by atoms with van der Waals surface area (Å²) >= 11 is 13.0. The molecule has 0 aliphatic rings. The van der Waals surface area contributed by atoms with Gasteiger partial charge in [-0.2, -0.15) is 0 Å². The summed E-state index contributed by atoms with van der Waals surface area (Å²) in [6.07, 6.45) is 1.69. The molecule has 0 atom stereocenters. The monoisotopic (exact) mass is 316 g/mol. The van der Waals surface area contributed by atoms with Crippen molar-refractivity contribution in [3.8, 4) is 0 Å². The van der Waals surface area contributed by atoms with Crippen LogP contribution < -0.4 is 5.32 Å². The van der Waals surface area contributed by atoms with E-state index in [1.807, 2.05) is 0 Å². The second-order valence-electron chi connectivity index (χ2n) is 3.61. The molecule has 100 valence electrons. The Morgan fingerprint density at radius 2 is 2.26 bits per heavy atom. The first-order chi connectivity index (χ1) is 9.10. The van der Waals surface area contributed by atoms with E-state index in [2.05, 4.69) is 10.3 Å². The first-order valence-electron chi connectivity index (χ1n) is 5.32. The first-order valence-corrected chi connectivity index (χ1v) is 6.89. The molecule has 0 aliphatic carbocycles. The maximum atomic E-state index is 11.7. The number of carbonyl (C=O) groups excluding carboxylic acids is 1. The quantitative estimate of drug-likeness (QED) is 0.870. The lowest BCUT2D eigenvalue weighted by Gasteiger charge is -2.10. The number of benzene rings is 1. The van der Waals surface area contributed by atoms with Crippen molar-refractivity contribution >= 4 is 46.2 Å². The summed E-state index contributed by atoms with van der Waals surface area (Å²) in [5.74, 6) is -0.438. The van der Waals surface area contributed by atoms with Crippen molar-refractivity contribution in [1.29, 1.82) is 0 Å². The van der Waals surface area contributed by atoms with Crippen molar-refractivity contribution < 1.29 is 9.53 Å². The van der Waals surface area contributed by atoms with E-state index in [1.165, 1.54) is 18.4 Å². The van der Waals surface area contributed by atoms with Gasteiger partial charge >= 0.3 is 5.97 Å². The molecule has 19 heavy (non-hydrogen) atoms. The summed E-state index contributed by atoms with van der Waals surface area (Å²) in [6, 6.07) is 5.00. The minimum atomic E-state index is -0.438. The Balaban J connectivity index is 2.17. The molecule has 0 aliphatic heterocycles. The maximum absolute atomic E-state index is 11.7. The number of anilines is 1. The smallest absolute Gasteiger partial charge is 0.340 e. The Hall–Kier alpha value is -1.30. The zero-order valence-electron chi connectivity index (χ0n) is 9.94. The predicted octanol–water partition coefficient (Wildman–Crippen LogP) is 3.85. The fourth-order valence-electron chi connectivity index (χ4n) is 1.50. The van der Waals surface area contributed by atoms with Crippen molar-refractivity contribution in [1.82, 2.24) is 4.98 Å². The molecular weight excluding hydrogens is 307 g/mol. The normalized spacial score (nSPS) is 10.3. The highest BCUT2D eigenvalue weighted by Gasteiger charge is 2.12. The number of esters is 1. The number of hydrogen-bond acceptors (Lipinski definition) is 5. The molecule has 0 saturated heterocycles. The summed E-state index contributed by atoms with van der Waals surface area (Å²) in [7, 11) is 1.33. The van der Waals surface area contributed by atoms with E-state index >= 15 is 0 Å². The lowest BCUT2D eigenvalue weighted by atomic mass is 10.2. The number of methoxy groups -OCH3 is 1. The van der Waals surface area contributed by atoms with E-state index in [0.717, 1.165) is 4.88 Å². The Kier molecular flexibility index (Phi) is 4.63. The number of ether oxygens (including phenoxy) is 1. The van der Waals surface area contributed by atoms with Crippen LogP contribution >= 0.6 is 34.5 Å². The lowest BCUT2D eigenvalue weighted by Crippen LogP contribution is -2.07. The summed E-state index contributed by atoms with van der Waals surface area (Å²) in [4.78, 5) is 16.6. The van der Waals surface area contributed by atoms with Gasteiger partial charge in [0.15, 0.2) is 4.47 Å². The molecule has 1 aromatic carbocycles. The van der Waals surface area contributed by atoms with Crippen LogP contribution in [-0.2, 0) is 11.3 Å². The number of carbonyl (C=O) groups is 1. The van der Waals surface area contributed by atoms with Crippen molar-refractivity contribution in [3.63, 3.8) is 0 Å². The third-order valence-corrected chi connectivity index (χ3v) is 3.72. The molecule has 0 fully saturated rings. The average Bonchev–Trinajstić information content (AvgIpc) is 2.82. The van der Waals surface area contributed by atoms with E-state index in [4.69, 9.17) is 27.9 Å². The molecule has 7 heteroatoms. The van der Waals surface area contributed by atoms with Gasteiger partial charge < -0.3 is 10.1 Å². The van der Waals surface area contributed by atoms with Gasteiger partial charge in [-0.25, -0.2) is 9.78 Å². The first kappa shape index (κ1) is 14.1. The summed E-state index contributed by atoms with van der Waals surface area (Å²) in [5, 5.41) is 3.62. The van der Waals surface area contributed by atoms with Crippen LogP contribution in [-0.4, -0.2) is 18.1 Å². The number of hydrogen-bond donors (Lipinski definition) is 1. The zero-order chi connectivity index (χ0) is 13.8. The predicted molar refractivity (Wildman–Crippen MR) is 77.2 cm³/mol. The van der Waals surface area contributed by atoms with Gasteiger partial charge in [0, 0.05) is 21.8 Å². The molecule has 2 rings (SSSR count). The van der Waals surface area contributed by atoms with Gasteiger partial charge in [0.2, 0.25) is 0 Å². The third kappa shape index (κ3) is 3.59. The van der Waals surface area contributed by atoms with Crippen LogP contribution in [0, 0.1) is 0 Å². The van der Waals surface area contributed by atoms with Crippen LogP contribution in [0.1, 0.15) is 15.2 Å². The largest absolute Gasteiger partial charge is 0.465 e. The summed E-state index contributed by atoms with van der Waals surface area (Å²) in [5.41, 5.74) is 1.05. The molecule has 1 heterocycles. The minimum absolute atomic E-state index is 0.394. The molecule has 2 aromatic rings. The highest BCUT2D eigenvalue weighted by atomic mass is 35.5. The van der Waals surface area contributed by atoms with E-state index in [-0.39, 0.29) is 0 Å². The van der Waals surface area contributed by atoms with Gasteiger partial charge in [0.1, 0.15) is 0 Å². The van der Waals surface area contributed by atoms with Crippen molar-refractivity contribution in [2.75, 3.05) is 12.4 Å². The van der Waals surface area contributed by atoms with Crippen molar-refractivity contribution in [2.24, 2.45) is 0 Å². The van der Waals surface area contributed by atoms with E-state index < -0.39 is 5.97 Å². The van der Waals surface area contributed by atoms with Crippen LogP contribution in [0.5, 0.6) is 0 Å². The van der Waals surface area contributed by atoms with E-state index in [1.54, 1.807) is 24.4 Å². The molecule has 4 nitrogen and oxygen atoms in total. The Bertz CT molecular complexity index is 601. The Morgan fingerprint density at radius 3 is 2.89 bits per heavy atom. The Labute approximate surface area is 124 Å². The number of thiazole rings is 1. The van der Waals surface area contributed by atoms with Gasteiger partial charge in [-0.05, 0) is 18.2 Å². The van der Waals surface area contributed by atoms with Gasteiger partial charge in [-0.1, -0.05) is 23.2 Å². The molecular formula is C12H10Cl2N2O2S. The standard InChI is InChI=1S/C12H10Cl2N2O2S/c1-18-11(17)9-4-7(13)2-3-10(9)15-5-8-6-16-12(14)19-8/h2-4,6,15H,5H2,1H3. The number of rotatable bonds is 4. The average molecular weight is 317 g/mol. The van der Waals surface area contributed by atoms with Crippen molar-refractivity contribution in [3.05, 3.63) is 44.3 Å². The van der Waals surface area contributed by atoms with Gasteiger partial charge in [0.05, 0.1) is 19.2 Å². The van der Waals surface area contributed by atoms with Crippen LogP contribution in [0.15, 0.2) is 24.4 Å². The summed E-state index contributed by atoms with van der Waals surface area (Å²) in [6.45, 7) is 0.524. The fraction of sp³-hybridized carbons (Fsp3) is 0.167. The third-order valence-electron chi connectivity index (χ3n) is 2.37. The second kappa shape index (κ2) is 6.23. The summed E-state index contributed by atoms with van der Waals surface area (Å²) < 4.78 is 5.21.